The van der Waals surface area contributed by atoms with E-state index in [9.17, 15) is 13.4 Å². The first-order valence-electron chi connectivity index (χ1n) is 6.67. The van der Waals surface area contributed by atoms with Crippen molar-refractivity contribution in [3.63, 3.8) is 0 Å². The molecule has 3 aromatic rings. The number of aryl methyl sites for hydroxylation is 1. The number of H-pyrrole nitrogens is 2. The molecule has 0 saturated carbocycles. The second kappa shape index (κ2) is 8.89. The number of halogens is 1. The Bertz CT molecular complexity index is 956. The van der Waals surface area contributed by atoms with Gasteiger partial charge < -0.3 is 9.97 Å². The molecule has 2 radical (unpaired) electrons. The first-order valence-corrected chi connectivity index (χ1v) is 7.99. The molecular formula is C15H14FN3Na2O2S. The number of benzene rings is 1. The van der Waals surface area contributed by atoms with E-state index < -0.39 is 10.8 Å². The topological polar surface area (TPSA) is 78.6 Å². The van der Waals surface area contributed by atoms with Crippen molar-refractivity contribution in [2.75, 3.05) is 0 Å². The molecule has 0 bridgehead atoms. The van der Waals surface area contributed by atoms with Crippen molar-refractivity contribution in [1.29, 1.82) is 0 Å². The van der Waals surface area contributed by atoms with Gasteiger partial charge in [-0.3, -0.25) is 9.00 Å². The fourth-order valence-corrected chi connectivity index (χ4v) is 3.34. The number of aromatic nitrogens is 3. The van der Waals surface area contributed by atoms with Gasteiger partial charge in [-0.15, -0.1) is 0 Å². The van der Waals surface area contributed by atoms with Crippen LogP contribution in [0.15, 0.2) is 34.3 Å². The van der Waals surface area contributed by atoms with Crippen molar-refractivity contribution < 1.29 is 8.60 Å². The summed E-state index contributed by atoms with van der Waals surface area (Å²) >= 11 is 0. The Kier molecular flexibility index (Phi) is 8.06. The average Bonchev–Trinajstić information content (AvgIpc) is 2.91. The maximum absolute atomic E-state index is 13.2. The SMILES string of the molecule is Cc1c[nH]c(CS(=O)c2nc3ccc(F)cc3[nH]2)c(C)c1=O.[Na].[Na]. The average molecular weight is 365 g/mol. The van der Waals surface area contributed by atoms with Gasteiger partial charge in [-0.25, -0.2) is 9.37 Å². The second-order valence-electron chi connectivity index (χ2n) is 5.10. The van der Waals surface area contributed by atoms with E-state index in [1.807, 2.05) is 0 Å². The molecule has 5 nitrogen and oxygen atoms in total. The third kappa shape index (κ3) is 4.46. The van der Waals surface area contributed by atoms with Gasteiger partial charge in [-0.1, -0.05) is 0 Å². The molecule has 2 heterocycles. The van der Waals surface area contributed by atoms with Gasteiger partial charge in [-0.2, -0.15) is 0 Å². The zero-order valence-corrected chi connectivity index (χ0v) is 18.9. The van der Waals surface area contributed by atoms with E-state index in [4.69, 9.17) is 0 Å². The molecule has 0 spiro atoms. The first-order chi connectivity index (χ1) is 10.5. The molecule has 0 amide bonds. The standard InChI is InChI=1S/C15H14FN3O2S.2Na/c1-8-6-17-13(9(2)14(8)20)7-22(21)15-18-11-4-3-10(16)5-12(11)19-15;;/h3-6H,7H2,1-2H3,(H,17,20)(H,18,19);;. The van der Waals surface area contributed by atoms with Gasteiger partial charge in [0.05, 0.1) is 27.6 Å². The van der Waals surface area contributed by atoms with Crippen LogP contribution >= 0.6 is 0 Å². The molecule has 116 valence electrons. The smallest absolute Gasteiger partial charge is 0.197 e. The molecule has 0 aliphatic carbocycles. The molecule has 3 rings (SSSR count). The summed E-state index contributed by atoms with van der Waals surface area (Å²) in [5.41, 5.74) is 2.77. The number of aromatic amines is 2. The monoisotopic (exact) mass is 365 g/mol. The van der Waals surface area contributed by atoms with E-state index in [2.05, 4.69) is 15.0 Å². The van der Waals surface area contributed by atoms with E-state index in [-0.39, 0.29) is 81.3 Å². The predicted octanol–water partition coefficient (Wildman–Crippen LogP) is 1.55. The van der Waals surface area contributed by atoms with Crippen LogP contribution in [0.4, 0.5) is 4.39 Å². The van der Waals surface area contributed by atoms with Crippen LogP contribution in [0.1, 0.15) is 16.8 Å². The van der Waals surface area contributed by atoms with Gasteiger partial charge in [-0.05, 0) is 32.0 Å². The van der Waals surface area contributed by atoms with Crippen LogP contribution in [-0.2, 0) is 16.6 Å². The zero-order valence-electron chi connectivity index (χ0n) is 14.1. The fraction of sp³-hybridized carbons (Fsp3) is 0.200. The minimum Gasteiger partial charge on any atom is -0.363 e. The third-order valence-corrected chi connectivity index (χ3v) is 4.70. The Morgan fingerprint density at radius 1 is 1.25 bits per heavy atom. The maximum Gasteiger partial charge on any atom is 0.197 e. The van der Waals surface area contributed by atoms with Crippen molar-refractivity contribution in [2.45, 2.75) is 24.8 Å². The quantitative estimate of drug-likeness (QED) is 0.692. The molecule has 0 aliphatic heterocycles. The number of nitrogens with one attached hydrogen (secondary N) is 2. The Labute approximate surface area is 184 Å². The Hall–Kier alpha value is -0.280. The van der Waals surface area contributed by atoms with E-state index in [1.165, 1.54) is 18.2 Å². The fourth-order valence-electron chi connectivity index (χ4n) is 2.22. The number of rotatable bonds is 3. The minimum absolute atomic E-state index is 0. The summed E-state index contributed by atoms with van der Waals surface area (Å²) in [7, 11) is -1.46. The largest absolute Gasteiger partial charge is 0.363 e. The zero-order chi connectivity index (χ0) is 15.9. The predicted molar refractivity (Wildman–Crippen MR) is 94.2 cm³/mol. The van der Waals surface area contributed by atoms with Crippen molar-refractivity contribution in [2.24, 2.45) is 0 Å². The molecule has 0 fully saturated rings. The van der Waals surface area contributed by atoms with Crippen LogP contribution in [0, 0.1) is 19.7 Å². The molecule has 1 atom stereocenters. The number of pyridine rings is 1. The van der Waals surface area contributed by atoms with Gasteiger partial charge in [0.2, 0.25) is 0 Å². The number of nitrogens with zero attached hydrogens (tertiary/aromatic N) is 1. The summed E-state index contributed by atoms with van der Waals surface area (Å²) in [6.45, 7) is 3.42. The van der Waals surface area contributed by atoms with Crippen LogP contribution in [0.25, 0.3) is 11.0 Å². The Morgan fingerprint density at radius 3 is 2.67 bits per heavy atom. The van der Waals surface area contributed by atoms with Crippen LogP contribution in [0.5, 0.6) is 0 Å². The van der Waals surface area contributed by atoms with Crippen LogP contribution in [-0.4, -0.2) is 78.3 Å². The molecule has 0 saturated heterocycles. The molecule has 2 aromatic heterocycles. The van der Waals surface area contributed by atoms with E-state index in [0.29, 0.717) is 27.9 Å². The molecule has 1 aromatic carbocycles. The Morgan fingerprint density at radius 2 is 1.96 bits per heavy atom. The van der Waals surface area contributed by atoms with Gasteiger partial charge in [0.25, 0.3) is 0 Å². The molecule has 2 N–H and O–H groups in total. The Balaban J connectivity index is 0.00000144. The van der Waals surface area contributed by atoms with Gasteiger partial charge in [0, 0.05) is 82.1 Å². The normalized spacial score (nSPS) is 11.6. The van der Waals surface area contributed by atoms with Crippen LogP contribution < -0.4 is 5.43 Å². The minimum atomic E-state index is -1.46. The number of hydrogen-bond acceptors (Lipinski definition) is 3. The summed E-state index contributed by atoms with van der Waals surface area (Å²) in [5, 5.41) is 0.265. The molecule has 24 heavy (non-hydrogen) atoms. The summed E-state index contributed by atoms with van der Waals surface area (Å²) < 4.78 is 25.6. The van der Waals surface area contributed by atoms with E-state index in [0.717, 1.165) is 0 Å². The van der Waals surface area contributed by atoms with E-state index >= 15 is 0 Å². The maximum atomic E-state index is 13.2. The number of hydrogen-bond donors (Lipinski definition) is 2. The summed E-state index contributed by atoms with van der Waals surface area (Å²) in [6, 6.07) is 4.14. The molecule has 1 unspecified atom stereocenters. The van der Waals surface area contributed by atoms with E-state index in [1.54, 1.807) is 20.0 Å². The van der Waals surface area contributed by atoms with Crippen molar-refractivity contribution in [3.05, 3.63) is 57.3 Å². The van der Waals surface area contributed by atoms with Crippen LogP contribution in [0.2, 0.25) is 0 Å². The molecular weight excluding hydrogens is 351 g/mol. The number of fused-ring (bicyclic) bond motifs is 1. The third-order valence-electron chi connectivity index (χ3n) is 3.53. The van der Waals surface area contributed by atoms with Gasteiger partial charge in [0.15, 0.2) is 10.6 Å². The van der Waals surface area contributed by atoms with Gasteiger partial charge >= 0.3 is 0 Å². The summed E-state index contributed by atoms with van der Waals surface area (Å²) in [4.78, 5) is 22.0. The van der Waals surface area contributed by atoms with Crippen molar-refractivity contribution >= 4 is 80.9 Å². The first kappa shape index (κ1) is 21.8. The van der Waals surface area contributed by atoms with Gasteiger partial charge in [0.1, 0.15) is 5.82 Å². The molecule has 0 aliphatic rings. The van der Waals surface area contributed by atoms with Crippen LogP contribution in [0.3, 0.4) is 0 Å². The van der Waals surface area contributed by atoms with Crippen molar-refractivity contribution in [1.82, 2.24) is 15.0 Å². The summed E-state index contributed by atoms with van der Waals surface area (Å²) in [5.74, 6) is -0.240. The second-order valence-corrected chi connectivity index (χ2v) is 6.46. The molecule has 9 heteroatoms. The number of imidazole rings is 1. The van der Waals surface area contributed by atoms with Crippen molar-refractivity contribution in [3.8, 4) is 0 Å². The summed E-state index contributed by atoms with van der Waals surface area (Å²) in [6.07, 6.45) is 1.61.